The van der Waals surface area contributed by atoms with Gasteiger partial charge < -0.3 is 5.11 Å². The van der Waals surface area contributed by atoms with Gasteiger partial charge >= 0.3 is 0 Å². The predicted molar refractivity (Wildman–Crippen MR) is 60.2 cm³/mol. The van der Waals surface area contributed by atoms with Crippen molar-refractivity contribution in [1.82, 2.24) is 0 Å². The standard InChI is InChI=1S/C11H16N2O5/c1-8-2-9(12(15)16)5-10(3-8,13(17)18)7-11(14,4-8)6-9/h14H,2-7H2,1H3. The molecule has 2 unspecified atom stereocenters. The molecule has 0 spiro atoms. The Morgan fingerprint density at radius 2 is 1.33 bits per heavy atom. The van der Waals surface area contributed by atoms with Crippen LogP contribution < -0.4 is 0 Å². The lowest BCUT2D eigenvalue weighted by atomic mass is 9.43. The average molecular weight is 256 g/mol. The second-order valence-corrected chi connectivity index (χ2v) is 7.06. The van der Waals surface area contributed by atoms with Crippen LogP contribution in [0.25, 0.3) is 0 Å². The molecule has 2 atom stereocenters. The van der Waals surface area contributed by atoms with E-state index in [2.05, 4.69) is 0 Å². The smallest absolute Gasteiger partial charge is 0.232 e. The van der Waals surface area contributed by atoms with Gasteiger partial charge in [0.05, 0.1) is 12.0 Å². The molecule has 18 heavy (non-hydrogen) atoms. The van der Waals surface area contributed by atoms with Gasteiger partial charge in [0.2, 0.25) is 11.1 Å². The van der Waals surface area contributed by atoms with Gasteiger partial charge in [0.1, 0.15) is 0 Å². The van der Waals surface area contributed by atoms with Crippen molar-refractivity contribution in [3.63, 3.8) is 0 Å². The topological polar surface area (TPSA) is 107 Å². The van der Waals surface area contributed by atoms with Crippen molar-refractivity contribution in [2.24, 2.45) is 5.41 Å². The van der Waals surface area contributed by atoms with Gasteiger partial charge in [0.25, 0.3) is 0 Å². The Kier molecular flexibility index (Phi) is 1.87. The minimum absolute atomic E-state index is 0.0299. The highest BCUT2D eigenvalue weighted by Gasteiger charge is 2.76. The van der Waals surface area contributed by atoms with Crippen LogP contribution in [-0.2, 0) is 0 Å². The highest BCUT2D eigenvalue weighted by Crippen LogP contribution is 2.65. The van der Waals surface area contributed by atoms with Gasteiger partial charge in [-0.3, -0.25) is 20.2 Å². The predicted octanol–water partition coefficient (Wildman–Crippen LogP) is 1.14. The first-order valence-electron chi connectivity index (χ1n) is 6.14. The Hall–Kier alpha value is -1.24. The molecule has 0 aromatic heterocycles. The van der Waals surface area contributed by atoms with Gasteiger partial charge in [-0.25, -0.2) is 0 Å². The van der Waals surface area contributed by atoms with Gasteiger partial charge in [-0.05, 0) is 11.8 Å². The molecule has 0 radical (unpaired) electrons. The van der Waals surface area contributed by atoms with Crippen LogP contribution in [-0.4, -0.2) is 31.6 Å². The lowest BCUT2D eigenvalue weighted by Crippen LogP contribution is -2.72. The molecule has 0 aromatic carbocycles. The van der Waals surface area contributed by atoms with E-state index in [-0.39, 0.29) is 29.1 Å². The molecule has 4 aliphatic carbocycles. The first-order valence-corrected chi connectivity index (χ1v) is 6.14. The summed E-state index contributed by atoms with van der Waals surface area (Å²) in [4.78, 5) is 22.0. The van der Waals surface area contributed by atoms with Crippen molar-refractivity contribution in [3.05, 3.63) is 20.2 Å². The van der Waals surface area contributed by atoms with E-state index >= 15 is 0 Å². The molecule has 0 aliphatic heterocycles. The lowest BCUT2D eigenvalue weighted by Gasteiger charge is -2.60. The van der Waals surface area contributed by atoms with Crippen molar-refractivity contribution in [1.29, 1.82) is 0 Å². The molecular weight excluding hydrogens is 240 g/mol. The third-order valence-corrected chi connectivity index (χ3v) is 5.02. The zero-order chi connectivity index (χ0) is 13.4. The summed E-state index contributed by atoms with van der Waals surface area (Å²) in [6, 6.07) is 0. The van der Waals surface area contributed by atoms with E-state index in [0.29, 0.717) is 19.3 Å². The van der Waals surface area contributed by atoms with Crippen molar-refractivity contribution in [2.45, 2.75) is 62.1 Å². The first kappa shape index (κ1) is 11.8. The monoisotopic (exact) mass is 256 g/mol. The zero-order valence-corrected chi connectivity index (χ0v) is 10.2. The summed E-state index contributed by atoms with van der Waals surface area (Å²) in [5.74, 6) is 0. The van der Waals surface area contributed by atoms with Crippen LogP contribution >= 0.6 is 0 Å². The van der Waals surface area contributed by atoms with Gasteiger partial charge in [0, 0.05) is 35.5 Å². The molecule has 4 fully saturated rings. The summed E-state index contributed by atoms with van der Waals surface area (Å²) < 4.78 is 0. The maximum Gasteiger partial charge on any atom is 0.232 e. The van der Waals surface area contributed by atoms with Crippen LogP contribution in [0, 0.1) is 25.6 Å². The molecule has 0 aromatic rings. The van der Waals surface area contributed by atoms with Gasteiger partial charge in [-0.15, -0.1) is 0 Å². The molecule has 100 valence electrons. The maximum absolute atomic E-state index is 11.4. The summed E-state index contributed by atoms with van der Waals surface area (Å²) in [7, 11) is 0. The molecular formula is C11H16N2O5. The molecule has 4 bridgehead atoms. The van der Waals surface area contributed by atoms with E-state index in [1.54, 1.807) is 0 Å². The number of nitrogens with zero attached hydrogens (tertiary/aromatic N) is 2. The SMILES string of the molecule is CC12CC3(O)CC([N+](=O)[O-])(C1)CC([N+](=O)[O-])(C2)C3. The summed E-state index contributed by atoms with van der Waals surface area (Å²) in [5.41, 5.74) is -4.32. The van der Waals surface area contributed by atoms with Crippen molar-refractivity contribution >= 4 is 0 Å². The number of hydrogen-bond acceptors (Lipinski definition) is 5. The highest BCUT2D eigenvalue weighted by atomic mass is 16.6. The van der Waals surface area contributed by atoms with Crippen molar-refractivity contribution < 1.29 is 15.0 Å². The molecule has 4 aliphatic rings. The Morgan fingerprint density at radius 1 is 0.889 bits per heavy atom. The molecule has 4 rings (SSSR count). The van der Waals surface area contributed by atoms with Crippen molar-refractivity contribution in [2.75, 3.05) is 0 Å². The second-order valence-electron chi connectivity index (χ2n) is 7.06. The molecule has 4 saturated carbocycles. The summed E-state index contributed by atoms with van der Waals surface area (Å²) in [6.45, 7) is 1.84. The summed E-state index contributed by atoms with van der Waals surface area (Å²) in [6.07, 6.45) is 1.26. The molecule has 7 heteroatoms. The molecule has 7 nitrogen and oxygen atoms in total. The zero-order valence-electron chi connectivity index (χ0n) is 10.2. The Morgan fingerprint density at radius 3 is 1.67 bits per heavy atom. The Balaban J connectivity index is 2.15. The third-order valence-electron chi connectivity index (χ3n) is 5.02. The van der Waals surface area contributed by atoms with Crippen LogP contribution in [0.2, 0.25) is 0 Å². The lowest BCUT2D eigenvalue weighted by molar-refractivity contribution is -0.653. The number of aliphatic hydroxyl groups is 1. The minimum atomic E-state index is -1.30. The van der Waals surface area contributed by atoms with E-state index in [4.69, 9.17) is 0 Å². The van der Waals surface area contributed by atoms with Crippen LogP contribution in [0.15, 0.2) is 0 Å². The largest absolute Gasteiger partial charge is 0.389 e. The fourth-order valence-corrected chi connectivity index (χ4v) is 5.36. The number of rotatable bonds is 2. The van der Waals surface area contributed by atoms with Crippen molar-refractivity contribution in [3.8, 4) is 0 Å². The van der Waals surface area contributed by atoms with Crippen LogP contribution in [0.4, 0.5) is 0 Å². The molecule has 0 amide bonds. The molecule has 0 saturated heterocycles. The highest BCUT2D eigenvalue weighted by molar-refractivity contribution is 5.19. The van der Waals surface area contributed by atoms with Gasteiger partial charge in [-0.2, -0.15) is 0 Å². The van der Waals surface area contributed by atoms with E-state index < -0.39 is 22.1 Å². The van der Waals surface area contributed by atoms with E-state index in [1.807, 2.05) is 6.92 Å². The van der Waals surface area contributed by atoms with E-state index in [0.717, 1.165) is 0 Å². The minimum Gasteiger partial charge on any atom is -0.389 e. The van der Waals surface area contributed by atoms with Crippen LogP contribution in [0.3, 0.4) is 0 Å². The summed E-state index contributed by atoms with van der Waals surface area (Å²) in [5, 5.41) is 33.2. The third kappa shape index (κ3) is 1.28. The Bertz CT molecular complexity index is 408. The average Bonchev–Trinajstić information content (AvgIpc) is 2.10. The first-order chi connectivity index (χ1) is 8.13. The second kappa shape index (κ2) is 2.84. The normalized spacial score (nSPS) is 53.4. The molecule has 0 heterocycles. The van der Waals surface area contributed by atoms with Gasteiger partial charge in [0.15, 0.2) is 0 Å². The molecule has 1 N–H and O–H groups in total. The Labute approximate surface area is 103 Å². The number of hydrogen-bond donors (Lipinski definition) is 1. The number of nitro groups is 2. The van der Waals surface area contributed by atoms with E-state index in [1.165, 1.54) is 0 Å². The van der Waals surface area contributed by atoms with E-state index in [9.17, 15) is 25.3 Å². The quantitative estimate of drug-likeness (QED) is 0.588. The maximum atomic E-state index is 11.4. The summed E-state index contributed by atoms with van der Waals surface area (Å²) >= 11 is 0. The van der Waals surface area contributed by atoms with Crippen LogP contribution in [0.1, 0.15) is 45.4 Å². The fraction of sp³-hybridized carbons (Fsp3) is 1.00. The van der Waals surface area contributed by atoms with Crippen LogP contribution in [0.5, 0.6) is 0 Å². The fourth-order valence-electron chi connectivity index (χ4n) is 5.36. The van der Waals surface area contributed by atoms with Gasteiger partial charge in [-0.1, -0.05) is 6.92 Å².